The van der Waals surface area contributed by atoms with Crippen molar-refractivity contribution in [2.45, 2.75) is 18.9 Å². The van der Waals surface area contributed by atoms with E-state index in [2.05, 4.69) is 15.1 Å². The monoisotopic (exact) mass is 438 g/mol. The van der Waals surface area contributed by atoms with Crippen LogP contribution in [0, 0.1) is 0 Å². The minimum Gasteiger partial charge on any atom is -0.376 e. The molecule has 2 aliphatic heterocycles. The maximum Gasteiger partial charge on any atom is 0.253 e. The lowest BCUT2D eigenvalue weighted by atomic mass is 9.93. The third-order valence-corrected chi connectivity index (χ3v) is 6.28. The number of nitrogens with zero attached hydrogens (tertiary/aromatic N) is 2. The van der Waals surface area contributed by atoms with Crippen LogP contribution in [0.2, 0.25) is 0 Å². The van der Waals surface area contributed by atoms with Gasteiger partial charge >= 0.3 is 0 Å². The van der Waals surface area contributed by atoms with E-state index < -0.39 is 5.91 Å². The smallest absolute Gasteiger partial charge is 0.253 e. The highest BCUT2D eigenvalue weighted by Crippen LogP contribution is 2.31. The lowest BCUT2D eigenvalue weighted by Gasteiger charge is -2.37. The number of nitrogens with two attached hydrogens (primary N) is 1. The van der Waals surface area contributed by atoms with Gasteiger partial charge in [0.05, 0.1) is 12.7 Å². The second-order valence-corrected chi connectivity index (χ2v) is 8.22. The summed E-state index contributed by atoms with van der Waals surface area (Å²) < 4.78 is 6.05. The number of aliphatic hydroxyl groups is 1. The average molecular weight is 439 g/mol. The van der Waals surface area contributed by atoms with Crippen LogP contribution < -0.4 is 16.0 Å². The second kappa shape index (κ2) is 10.1. The fraction of sp³-hybridized carbons (Fsp3) is 0.417. The summed E-state index contributed by atoms with van der Waals surface area (Å²) >= 11 is 0. The summed E-state index contributed by atoms with van der Waals surface area (Å²) in [4.78, 5) is 28.0. The van der Waals surface area contributed by atoms with E-state index in [0.29, 0.717) is 17.7 Å². The van der Waals surface area contributed by atoms with Crippen molar-refractivity contribution >= 4 is 17.5 Å². The van der Waals surface area contributed by atoms with Crippen LogP contribution >= 0.6 is 0 Å². The van der Waals surface area contributed by atoms with E-state index in [0.717, 1.165) is 62.4 Å². The molecule has 4 N–H and O–H groups in total. The van der Waals surface area contributed by atoms with Crippen molar-refractivity contribution in [3.8, 4) is 0 Å². The molecule has 4 rings (SSSR count). The first-order chi connectivity index (χ1) is 15.5. The highest BCUT2D eigenvalue weighted by atomic mass is 16.5. The van der Waals surface area contributed by atoms with Crippen LogP contribution in [0.1, 0.15) is 44.4 Å². The lowest BCUT2D eigenvalue weighted by Crippen LogP contribution is -2.47. The molecule has 2 heterocycles. The minimum absolute atomic E-state index is 0.0353. The van der Waals surface area contributed by atoms with Gasteiger partial charge in [-0.3, -0.25) is 14.5 Å². The van der Waals surface area contributed by atoms with Crippen LogP contribution in [0.5, 0.6) is 0 Å². The fourth-order valence-corrected chi connectivity index (χ4v) is 4.46. The number of carbonyl (C=O) groups excluding carboxylic acids is 2. The highest BCUT2D eigenvalue weighted by Gasteiger charge is 2.24. The first kappa shape index (κ1) is 22.3. The molecule has 8 heteroatoms. The van der Waals surface area contributed by atoms with Gasteiger partial charge < -0.3 is 25.8 Å². The molecule has 1 saturated heterocycles. The third kappa shape index (κ3) is 5.09. The van der Waals surface area contributed by atoms with Gasteiger partial charge in [-0.2, -0.15) is 0 Å². The summed E-state index contributed by atoms with van der Waals surface area (Å²) in [5.41, 5.74) is 9.84. The molecule has 2 aromatic rings. The van der Waals surface area contributed by atoms with E-state index in [4.69, 9.17) is 15.6 Å². The van der Waals surface area contributed by atoms with Gasteiger partial charge in [-0.15, -0.1) is 0 Å². The molecule has 0 aromatic heterocycles. The lowest BCUT2D eigenvalue weighted by molar-refractivity contribution is 0.0288. The number of aliphatic hydroxyl groups excluding tert-OH is 1. The quantitative estimate of drug-likeness (QED) is 0.563. The molecule has 170 valence electrons. The van der Waals surface area contributed by atoms with Gasteiger partial charge in [0.1, 0.15) is 6.73 Å². The van der Waals surface area contributed by atoms with Gasteiger partial charge in [0, 0.05) is 49.5 Å². The van der Waals surface area contributed by atoms with E-state index in [1.807, 2.05) is 24.3 Å². The Balaban J connectivity index is 1.30. The summed E-state index contributed by atoms with van der Waals surface area (Å²) in [5.74, 6) is -0.669. The standard InChI is InChI=1S/C24H30N4O4/c25-23(30)17-1-4-20(5-2-17)28-12-10-27(11-13-28)9-7-22-21-6-3-19(24(31)26-16-29)15-18(21)8-14-32-22/h1-6,15,22,29H,7-14,16H2,(H2,25,30)(H,26,31). The van der Waals surface area contributed by atoms with Gasteiger partial charge in [0.15, 0.2) is 0 Å². The number of fused-ring (bicyclic) bond motifs is 1. The zero-order valence-electron chi connectivity index (χ0n) is 18.1. The van der Waals surface area contributed by atoms with E-state index in [9.17, 15) is 9.59 Å². The van der Waals surface area contributed by atoms with Crippen molar-refractivity contribution in [2.24, 2.45) is 5.73 Å². The molecule has 1 atom stereocenters. The molecule has 2 aliphatic rings. The van der Waals surface area contributed by atoms with Crippen LogP contribution in [0.15, 0.2) is 42.5 Å². The Morgan fingerprint density at radius 1 is 1.06 bits per heavy atom. The van der Waals surface area contributed by atoms with E-state index in [1.165, 1.54) is 0 Å². The van der Waals surface area contributed by atoms with Gasteiger partial charge in [-0.1, -0.05) is 6.07 Å². The number of rotatable bonds is 7. The number of piperazine rings is 1. The maximum absolute atomic E-state index is 12.0. The first-order valence-corrected chi connectivity index (χ1v) is 11.1. The molecule has 0 bridgehead atoms. The topological polar surface area (TPSA) is 108 Å². The van der Waals surface area contributed by atoms with Crippen molar-refractivity contribution < 1.29 is 19.4 Å². The molecular formula is C24H30N4O4. The molecule has 0 saturated carbocycles. The molecule has 0 spiro atoms. The number of nitrogens with one attached hydrogen (secondary N) is 1. The van der Waals surface area contributed by atoms with Crippen LogP contribution in [0.3, 0.4) is 0 Å². The van der Waals surface area contributed by atoms with E-state index in [1.54, 1.807) is 18.2 Å². The predicted octanol–water partition coefficient (Wildman–Crippen LogP) is 1.29. The van der Waals surface area contributed by atoms with Gasteiger partial charge in [0.25, 0.3) is 5.91 Å². The molecular weight excluding hydrogens is 408 g/mol. The first-order valence-electron chi connectivity index (χ1n) is 11.1. The van der Waals surface area contributed by atoms with Crippen molar-refractivity contribution in [3.63, 3.8) is 0 Å². The Morgan fingerprint density at radius 2 is 1.78 bits per heavy atom. The largest absolute Gasteiger partial charge is 0.376 e. The Kier molecular flexibility index (Phi) is 7.04. The van der Waals surface area contributed by atoms with Crippen molar-refractivity contribution in [2.75, 3.05) is 51.0 Å². The molecule has 2 amide bonds. The van der Waals surface area contributed by atoms with Crippen LogP contribution in [0.25, 0.3) is 0 Å². The number of anilines is 1. The Bertz CT molecular complexity index is 955. The molecule has 0 radical (unpaired) electrons. The van der Waals surface area contributed by atoms with Gasteiger partial charge in [-0.05, 0) is 60.4 Å². The highest BCUT2D eigenvalue weighted by molar-refractivity contribution is 5.94. The van der Waals surface area contributed by atoms with Gasteiger partial charge in [0.2, 0.25) is 5.91 Å². The number of carbonyl (C=O) groups is 2. The normalized spacial score (nSPS) is 18.8. The molecule has 32 heavy (non-hydrogen) atoms. The zero-order chi connectivity index (χ0) is 22.5. The molecule has 1 fully saturated rings. The summed E-state index contributed by atoms with van der Waals surface area (Å²) in [6, 6.07) is 13.2. The number of amides is 2. The van der Waals surface area contributed by atoms with Gasteiger partial charge in [-0.25, -0.2) is 0 Å². The zero-order valence-corrected chi connectivity index (χ0v) is 18.1. The summed E-state index contributed by atoms with van der Waals surface area (Å²) in [6.07, 6.45) is 1.73. The molecule has 8 nitrogen and oxygen atoms in total. The fourth-order valence-electron chi connectivity index (χ4n) is 4.46. The van der Waals surface area contributed by atoms with Crippen LogP contribution in [-0.4, -0.2) is 67.9 Å². The number of benzene rings is 2. The Hall–Kier alpha value is -2.94. The second-order valence-electron chi connectivity index (χ2n) is 8.22. The number of hydrogen-bond donors (Lipinski definition) is 3. The Labute approximate surface area is 187 Å². The number of hydrogen-bond acceptors (Lipinski definition) is 6. The predicted molar refractivity (Wildman–Crippen MR) is 122 cm³/mol. The van der Waals surface area contributed by atoms with Crippen molar-refractivity contribution in [3.05, 3.63) is 64.7 Å². The summed E-state index contributed by atoms with van der Waals surface area (Å²) in [7, 11) is 0. The summed E-state index contributed by atoms with van der Waals surface area (Å²) in [5, 5.41) is 11.3. The van der Waals surface area contributed by atoms with E-state index >= 15 is 0 Å². The van der Waals surface area contributed by atoms with Crippen LogP contribution in [-0.2, 0) is 11.2 Å². The molecule has 1 unspecified atom stereocenters. The van der Waals surface area contributed by atoms with Crippen molar-refractivity contribution in [1.29, 1.82) is 0 Å². The molecule has 2 aromatic carbocycles. The maximum atomic E-state index is 12.0. The minimum atomic E-state index is -0.405. The Morgan fingerprint density at radius 3 is 2.47 bits per heavy atom. The van der Waals surface area contributed by atoms with E-state index in [-0.39, 0.29) is 18.7 Å². The average Bonchev–Trinajstić information content (AvgIpc) is 2.83. The SMILES string of the molecule is NC(=O)c1ccc(N2CCN(CCC3OCCc4cc(C(=O)NCO)ccc43)CC2)cc1. The number of ether oxygens (including phenoxy) is 1. The molecule has 0 aliphatic carbocycles. The third-order valence-electron chi connectivity index (χ3n) is 6.28. The van der Waals surface area contributed by atoms with Crippen LogP contribution in [0.4, 0.5) is 5.69 Å². The number of primary amides is 1. The summed E-state index contributed by atoms with van der Waals surface area (Å²) in [6.45, 7) is 5.04. The van der Waals surface area contributed by atoms with Crippen molar-refractivity contribution in [1.82, 2.24) is 10.2 Å².